The standard InChI is InChI=1S/C19H18N2O3/c1-11-15(10-20)18(19-16(21-11)4-3-5-17(19)23)13-6-8-14(9-7-13)24-12(2)22/h6-9,18,21H,3-5H2,1-2H3. The topological polar surface area (TPSA) is 79.2 Å². The molecule has 0 radical (unpaired) electrons. The minimum absolute atomic E-state index is 0.0954. The molecule has 1 aliphatic heterocycles. The van der Waals surface area contributed by atoms with Gasteiger partial charge in [-0.1, -0.05) is 12.1 Å². The highest BCUT2D eigenvalue weighted by molar-refractivity contribution is 5.99. The van der Waals surface area contributed by atoms with Crippen molar-refractivity contribution in [1.29, 1.82) is 5.26 Å². The molecule has 5 nitrogen and oxygen atoms in total. The largest absolute Gasteiger partial charge is 0.427 e. The summed E-state index contributed by atoms with van der Waals surface area (Å²) >= 11 is 0. The van der Waals surface area contributed by atoms with Crippen LogP contribution in [-0.4, -0.2) is 11.8 Å². The lowest BCUT2D eigenvalue weighted by atomic mass is 9.76. The van der Waals surface area contributed by atoms with Crippen molar-refractivity contribution in [2.24, 2.45) is 0 Å². The van der Waals surface area contributed by atoms with Gasteiger partial charge in [-0.3, -0.25) is 9.59 Å². The van der Waals surface area contributed by atoms with Gasteiger partial charge in [0.1, 0.15) is 5.75 Å². The number of dihydropyridines is 1. The lowest BCUT2D eigenvalue weighted by Gasteiger charge is -2.32. The number of nitriles is 1. The third-order valence-electron chi connectivity index (χ3n) is 4.37. The molecule has 1 aromatic rings. The Morgan fingerprint density at radius 2 is 2.00 bits per heavy atom. The number of ether oxygens (including phenoxy) is 1. The van der Waals surface area contributed by atoms with Gasteiger partial charge in [-0.2, -0.15) is 5.26 Å². The Morgan fingerprint density at radius 1 is 1.29 bits per heavy atom. The van der Waals surface area contributed by atoms with Crippen molar-refractivity contribution in [3.63, 3.8) is 0 Å². The van der Waals surface area contributed by atoms with Crippen molar-refractivity contribution < 1.29 is 14.3 Å². The summed E-state index contributed by atoms with van der Waals surface area (Å²) in [5, 5.41) is 12.8. The second kappa shape index (κ2) is 6.32. The summed E-state index contributed by atoms with van der Waals surface area (Å²) in [5.74, 6) is -0.197. The van der Waals surface area contributed by atoms with Gasteiger partial charge in [-0.25, -0.2) is 0 Å². The molecule has 1 heterocycles. The predicted octanol–water partition coefficient (Wildman–Crippen LogP) is 3.10. The van der Waals surface area contributed by atoms with Crippen LogP contribution in [0.5, 0.6) is 5.75 Å². The summed E-state index contributed by atoms with van der Waals surface area (Å²) < 4.78 is 5.05. The van der Waals surface area contributed by atoms with Crippen LogP contribution >= 0.6 is 0 Å². The van der Waals surface area contributed by atoms with Crippen LogP contribution in [0.1, 0.15) is 44.6 Å². The highest BCUT2D eigenvalue weighted by atomic mass is 16.5. The molecular weight excluding hydrogens is 304 g/mol. The van der Waals surface area contributed by atoms with Gasteiger partial charge < -0.3 is 10.1 Å². The number of esters is 1. The summed E-state index contributed by atoms with van der Waals surface area (Å²) in [6.45, 7) is 3.21. The van der Waals surface area contributed by atoms with E-state index in [-0.39, 0.29) is 17.7 Å². The van der Waals surface area contributed by atoms with Crippen LogP contribution in [0.2, 0.25) is 0 Å². The smallest absolute Gasteiger partial charge is 0.308 e. The molecule has 122 valence electrons. The predicted molar refractivity (Wildman–Crippen MR) is 87.8 cm³/mol. The molecule has 1 N–H and O–H groups in total. The number of nitrogens with one attached hydrogen (secondary N) is 1. The molecule has 0 aromatic heterocycles. The Labute approximate surface area is 140 Å². The first-order valence-electron chi connectivity index (χ1n) is 7.93. The fourth-order valence-electron chi connectivity index (χ4n) is 3.36. The monoisotopic (exact) mass is 322 g/mol. The zero-order valence-electron chi connectivity index (χ0n) is 13.7. The van der Waals surface area contributed by atoms with Crippen LogP contribution in [-0.2, 0) is 9.59 Å². The molecule has 0 fully saturated rings. The Bertz CT molecular complexity index is 810. The lowest BCUT2D eigenvalue weighted by Crippen LogP contribution is -2.31. The van der Waals surface area contributed by atoms with Crippen LogP contribution in [0.3, 0.4) is 0 Å². The van der Waals surface area contributed by atoms with Crippen LogP contribution in [0.4, 0.5) is 0 Å². The maximum Gasteiger partial charge on any atom is 0.308 e. The molecule has 2 aliphatic rings. The quantitative estimate of drug-likeness (QED) is 0.668. The van der Waals surface area contributed by atoms with Crippen LogP contribution in [0, 0.1) is 11.3 Å². The normalized spacial score (nSPS) is 20.2. The number of carbonyl (C=O) groups excluding carboxylic acids is 2. The number of ketones is 1. The highest BCUT2D eigenvalue weighted by Gasteiger charge is 2.35. The number of Topliss-reactive ketones (excluding diaryl/α,β-unsaturated/α-hetero) is 1. The van der Waals surface area contributed by atoms with Crippen molar-refractivity contribution in [3.8, 4) is 11.8 Å². The zero-order valence-corrected chi connectivity index (χ0v) is 13.7. The maximum atomic E-state index is 12.5. The van der Waals surface area contributed by atoms with Gasteiger partial charge in [-0.05, 0) is 37.5 Å². The van der Waals surface area contributed by atoms with Crippen molar-refractivity contribution in [2.75, 3.05) is 0 Å². The molecule has 1 aliphatic carbocycles. The fraction of sp³-hybridized carbons (Fsp3) is 0.316. The van der Waals surface area contributed by atoms with Crippen LogP contribution in [0.15, 0.2) is 46.8 Å². The number of hydrogen-bond donors (Lipinski definition) is 1. The molecule has 1 aromatic carbocycles. The molecule has 0 saturated carbocycles. The van der Waals surface area contributed by atoms with E-state index >= 15 is 0 Å². The van der Waals surface area contributed by atoms with E-state index in [1.54, 1.807) is 12.1 Å². The van der Waals surface area contributed by atoms with E-state index in [0.717, 1.165) is 29.8 Å². The summed E-state index contributed by atoms with van der Waals surface area (Å²) in [4.78, 5) is 23.5. The Hall–Kier alpha value is -2.87. The van der Waals surface area contributed by atoms with E-state index in [9.17, 15) is 14.9 Å². The lowest BCUT2D eigenvalue weighted by molar-refractivity contribution is -0.131. The number of allylic oxidation sites excluding steroid dienone is 4. The van der Waals surface area contributed by atoms with Gasteiger partial charge in [0.15, 0.2) is 5.78 Å². The van der Waals surface area contributed by atoms with E-state index in [1.807, 2.05) is 19.1 Å². The molecule has 0 bridgehead atoms. The minimum atomic E-state index is -0.384. The van der Waals surface area contributed by atoms with Gasteiger partial charge in [0.2, 0.25) is 0 Å². The molecule has 0 spiro atoms. The first-order valence-corrected chi connectivity index (χ1v) is 7.93. The second-order valence-corrected chi connectivity index (χ2v) is 6.04. The Morgan fingerprint density at radius 3 is 2.62 bits per heavy atom. The van der Waals surface area contributed by atoms with Gasteiger partial charge in [0, 0.05) is 30.3 Å². The average Bonchev–Trinajstić information content (AvgIpc) is 2.54. The van der Waals surface area contributed by atoms with E-state index < -0.39 is 0 Å². The van der Waals surface area contributed by atoms with Crippen molar-refractivity contribution in [1.82, 2.24) is 5.32 Å². The highest BCUT2D eigenvalue weighted by Crippen LogP contribution is 2.41. The number of carbonyl (C=O) groups is 2. The number of rotatable bonds is 2. The SMILES string of the molecule is CC(=O)Oc1ccc(C2C(C#N)=C(C)NC3=C2C(=O)CCC3)cc1. The summed E-state index contributed by atoms with van der Waals surface area (Å²) in [6.07, 6.45) is 2.16. The molecule has 1 atom stereocenters. The molecular formula is C19H18N2O3. The van der Waals surface area contributed by atoms with Crippen molar-refractivity contribution in [2.45, 2.75) is 39.0 Å². The third-order valence-corrected chi connectivity index (χ3v) is 4.37. The van der Waals surface area contributed by atoms with Crippen LogP contribution in [0.25, 0.3) is 0 Å². The first kappa shape index (κ1) is 16.0. The Kier molecular flexibility index (Phi) is 4.22. The average molecular weight is 322 g/mol. The minimum Gasteiger partial charge on any atom is -0.427 e. The molecule has 3 rings (SSSR count). The first-order chi connectivity index (χ1) is 11.5. The molecule has 1 unspecified atom stereocenters. The Balaban J connectivity index is 2.05. The molecule has 0 saturated heterocycles. The maximum absolute atomic E-state index is 12.5. The summed E-state index contributed by atoms with van der Waals surface area (Å²) in [7, 11) is 0. The third kappa shape index (κ3) is 2.83. The fourth-order valence-corrected chi connectivity index (χ4v) is 3.36. The van der Waals surface area contributed by atoms with Crippen molar-refractivity contribution >= 4 is 11.8 Å². The van der Waals surface area contributed by atoms with E-state index in [2.05, 4.69) is 11.4 Å². The van der Waals surface area contributed by atoms with Gasteiger partial charge >= 0.3 is 5.97 Å². The molecule has 24 heavy (non-hydrogen) atoms. The molecule has 0 amide bonds. The molecule has 5 heteroatoms. The summed E-state index contributed by atoms with van der Waals surface area (Å²) in [6, 6.07) is 9.25. The van der Waals surface area contributed by atoms with Crippen LogP contribution < -0.4 is 10.1 Å². The number of benzene rings is 1. The van der Waals surface area contributed by atoms with E-state index in [4.69, 9.17) is 4.74 Å². The van der Waals surface area contributed by atoms with Gasteiger partial charge in [0.05, 0.1) is 17.6 Å². The zero-order chi connectivity index (χ0) is 17.3. The number of hydrogen-bond acceptors (Lipinski definition) is 5. The van der Waals surface area contributed by atoms with Crippen molar-refractivity contribution in [3.05, 3.63) is 52.4 Å². The van der Waals surface area contributed by atoms with E-state index in [0.29, 0.717) is 23.3 Å². The van der Waals surface area contributed by atoms with Gasteiger partial charge in [0.25, 0.3) is 0 Å². The number of nitrogens with zero attached hydrogens (tertiary/aromatic N) is 1. The second-order valence-electron chi connectivity index (χ2n) is 6.04. The van der Waals surface area contributed by atoms with E-state index in [1.165, 1.54) is 6.92 Å². The summed E-state index contributed by atoms with van der Waals surface area (Å²) in [5.41, 5.74) is 3.83. The van der Waals surface area contributed by atoms with Gasteiger partial charge in [-0.15, -0.1) is 0 Å².